The molecule has 4 N–H and O–H groups in total. The smallest absolute Gasteiger partial charge is 0.238 e. The standard InChI is InChI=1S/C12H12N6O2S/c1-7-2-3-8(21(14,19)20)4-9(7)10-5-15-12-11(13)16-6-17-18(10)12/h2-6H,1H3,(H2,13,16,17)(H2,14,19,20). The third-order valence-corrected chi connectivity index (χ3v) is 4.06. The monoisotopic (exact) mass is 304 g/mol. The van der Waals surface area contributed by atoms with E-state index in [0.29, 0.717) is 16.9 Å². The third kappa shape index (κ3) is 2.22. The lowest BCUT2D eigenvalue weighted by atomic mass is 10.1. The number of nitrogens with zero attached hydrogens (tertiary/aromatic N) is 4. The van der Waals surface area contributed by atoms with Crippen LogP contribution in [0.25, 0.3) is 16.9 Å². The lowest BCUT2D eigenvalue weighted by Crippen LogP contribution is -2.12. The number of nitrogen functional groups attached to an aromatic ring is 1. The van der Waals surface area contributed by atoms with Crippen LogP contribution in [-0.4, -0.2) is 28.0 Å². The molecular formula is C12H12N6O2S. The van der Waals surface area contributed by atoms with Gasteiger partial charge in [0.05, 0.1) is 16.8 Å². The number of fused-ring (bicyclic) bond motifs is 1. The Morgan fingerprint density at radius 1 is 1.24 bits per heavy atom. The Bertz CT molecular complexity index is 948. The van der Waals surface area contributed by atoms with Crippen LogP contribution in [0.4, 0.5) is 5.82 Å². The van der Waals surface area contributed by atoms with Gasteiger partial charge in [0.15, 0.2) is 11.5 Å². The molecule has 0 fully saturated rings. The Balaban J connectivity index is 2.30. The summed E-state index contributed by atoms with van der Waals surface area (Å²) in [6.07, 6.45) is 2.88. The minimum Gasteiger partial charge on any atom is -0.381 e. The van der Waals surface area contributed by atoms with Gasteiger partial charge in [0.1, 0.15) is 6.33 Å². The van der Waals surface area contributed by atoms with Crippen LogP contribution in [0.2, 0.25) is 0 Å². The highest BCUT2D eigenvalue weighted by atomic mass is 32.2. The second-order valence-electron chi connectivity index (χ2n) is 4.55. The van der Waals surface area contributed by atoms with Crippen molar-refractivity contribution in [1.29, 1.82) is 0 Å². The zero-order valence-electron chi connectivity index (χ0n) is 11.1. The van der Waals surface area contributed by atoms with Gasteiger partial charge in [-0.05, 0) is 24.6 Å². The predicted octanol–water partition coefficient (Wildman–Crippen LogP) is 0.329. The fourth-order valence-corrected chi connectivity index (χ4v) is 2.61. The van der Waals surface area contributed by atoms with Crippen molar-refractivity contribution in [3.05, 3.63) is 36.3 Å². The summed E-state index contributed by atoms with van der Waals surface area (Å²) in [5, 5.41) is 9.26. The van der Waals surface area contributed by atoms with Crippen molar-refractivity contribution in [2.45, 2.75) is 11.8 Å². The van der Waals surface area contributed by atoms with Crippen LogP contribution >= 0.6 is 0 Å². The average molecular weight is 304 g/mol. The molecule has 0 aliphatic carbocycles. The number of nitrogens with two attached hydrogens (primary N) is 2. The summed E-state index contributed by atoms with van der Waals surface area (Å²) < 4.78 is 24.5. The van der Waals surface area contributed by atoms with E-state index in [4.69, 9.17) is 10.9 Å². The van der Waals surface area contributed by atoms with Crippen LogP contribution in [0.5, 0.6) is 0 Å². The van der Waals surface area contributed by atoms with Gasteiger partial charge < -0.3 is 5.73 Å². The minimum atomic E-state index is -3.78. The summed E-state index contributed by atoms with van der Waals surface area (Å²) >= 11 is 0. The average Bonchev–Trinajstić information content (AvgIpc) is 2.83. The van der Waals surface area contributed by atoms with Gasteiger partial charge in [0.25, 0.3) is 0 Å². The summed E-state index contributed by atoms with van der Waals surface area (Å²) in [6, 6.07) is 4.63. The van der Waals surface area contributed by atoms with E-state index in [1.165, 1.54) is 23.0 Å². The number of anilines is 1. The highest BCUT2D eigenvalue weighted by Gasteiger charge is 2.15. The van der Waals surface area contributed by atoms with Crippen LogP contribution < -0.4 is 10.9 Å². The fourth-order valence-electron chi connectivity index (χ4n) is 2.07. The van der Waals surface area contributed by atoms with Crippen molar-refractivity contribution >= 4 is 21.5 Å². The molecule has 0 radical (unpaired) electrons. The second-order valence-corrected chi connectivity index (χ2v) is 6.11. The molecule has 1 aromatic carbocycles. The molecule has 0 aliphatic heterocycles. The van der Waals surface area contributed by atoms with E-state index < -0.39 is 10.0 Å². The molecule has 3 aromatic rings. The van der Waals surface area contributed by atoms with Gasteiger partial charge in [-0.25, -0.2) is 28.0 Å². The topological polar surface area (TPSA) is 129 Å². The molecule has 8 nitrogen and oxygen atoms in total. The molecule has 108 valence electrons. The highest BCUT2D eigenvalue weighted by molar-refractivity contribution is 7.89. The molecule has 0 saturated heterocycles. The molecule has 3 rings (SSSR count). The van der Waals surface area contributed by atoms with Gasteiger partial charge in [-0.15, -0.1) is 0 Å². The molecule has 2 heterocycles. The van der Waals surface area contributed by atoms with Crippen LogP contribution in [0.15, 0.2) is 35.6 Å². The maximum atomic E-state index is 11.5. The SMILES string of the molecule is Cc1ccc(S(N)(=O)=O)cc1-c1cnc2c(N)ncnn12. The van der Waals surface area contributed by atoms with Crippen molar-refractivity contribution in [1.82, 2.24) is 19.6 Å². The number of hydrogen-bond donors (Lipinski definition) is 2. The van der Waals surface area contributed by atoms with E-state index in [1.807, 2.05) is 6.92 Å². The summed E-state index contributed by atoms with van der Waals surface area (Å²) in [4.78, 5) is 8.05. The van der Waals surface area contributed by atoms with Crippen LogP contribution in [0.3, 0.4) is 0 Å². The van der Waals surface area contributed by atoms with Gasteiger partial charge in [-0.3, -0.25) is 0 Å². The number of sulfonamides is 1. The summed E-state index contributed by atoms with van der Waals surface area (Å²) in [6.45, 7) is 1.85. The van der Waals surface area contributed by atoms with Gasteiger partial charge in [0.2, 0.25) is 10.0 Å². The molecule has 9 heteroatoms. The summed E-state index contributed by atoms with van der Waals surface area (Å²) in [7, 11) is -3.78. The maximum Gasteiger partial charge on any atom is 0.238 e. The number of benzene rings is 1. The second kappa shape index (κ2) is 4.50. The lowest BCUT2D eigenvalue weighted by molar-refractivity contribution is 0.598. The molecule has 0 unspecified atom stereocenters. The molecule has 0 bridgehead atoms. The first kappa shape index (κ1) is 13.5. The molecular weight excluding hydrogens is 292 g/mol. The zero-order valence-corrected chi connectivity index (χ0v) is 11.9. The number of aromatic nitrogens is 4. The predicted molar refractivity (Wildman–Crippen MR) is 76.7 cm³/mol. The lowest BCUT2D eigenvalue weighted by Gasteiger charge is -2.07. The first-order valence-corrected chi connectivity index (χ1v) is 7.50. The van der Waals surface area contributed by atoms with Crippen molar-refractivity contribution in [3.8, 4) is 11.3 Å². The molecule has 0 saturated carbocycles. The van der Waals surface area contributed by atoms with E-state index >= 15 is 0 Å². The van der Waals surface area contributed by atoms with E-state index in [1.54, 1.807) is 12.3 Å². The Morgan fingerprint density at radius 2 is 2.00 bits per heavy atom. The Morgan fingerprint density at radius 3 is 2.71 bits per heavy atom. The fraction of sp³-hybridized carbons (Fsp3) is 0.0833. The van der Waals surface area contributed by atoms with Crippen molar-refractivity contribution in [3.63, 3.8) is 0 Å². The molecule has 0 spiro atoms. The molecule has 0 amide bonds. The minimum absolute atomic E-state index is 0.0279. The number of rotatable bonds is 2. The number of hydrogen-bond acceptors (Lipinski definition) is 6. The molecule has 2 aromatic heterocycles. The van der Waals surface area contributed by atoms with Crippen LogP contribution in [0.1, 0.15) is 5.56 Å². The number of imidazole rings is 1. The number of primary sulfonamides is 1. The Labute approximate surface area is 120 Å². The zero-order chi connectivity index (χ0) is 15.2. The summed E-state index contributed by atoms with van der Waals surface area (Å²) in [5.74, 6) is 0.247. The highest BCUT2D eigenvalue weighted by Crippen LogP contribution is 2.26. The van der Waals surface area contributed by atoms with E-state index in [9.17, 15) is 8.42 Å². The Hall–Kier alpha value is -2.52. The molecule has 0 aliphatic rings. The maximum absolute atomic E-state index is 11.5. The first-order chi connectivity index (χ1) is 9.88. The quantitative estimate of drug-likeness (QED) is 0.701. The van der Waals surface area contributed by atoms with Crippen LogP contribution in [-0.2, 0) is 10.0 Å². The Kier molecular flexibility index (Phi) is 2.88. The van der Waals surface area contributed by atoms with Gasteiger partial charge >= 0.3 is 0 Å². The molecule has 0 atom stereocenters. The first-order valence-electron chi connectivity index (χ1n) is 5.96. The van der Waals surface area contributed by atoms with E-state index in [0.717, 1.165) is 5.56 Å². The normalized spacial score (nSPS) is 11.9. The van der Waals surface area contributed by atoms with E-state index in [-0.39, 0.29) is 10.7 Å². The van der Waals surface area contributed by atoms with Crippen LogP contribution in [0, 0.1) is 6.92 Å². The largest absolute Gasteiger partial charge is 0.381 e. The van der Waals surface area contributed by atoms with Crippen molar-refractivity contribution in [2.75, 3.05) is 5.73 Å². The number of aryl methyl sites for hydroxylation is 1. The third-order valence-electron chi connectivity index (χ3n) is 3.14. The van der Waals surface area contributed by atoms with Crippen molar-refractivity contribution in [2.24, 2.45) is 5.14 Å². The van der Waals surface area contributed by atoms with Gasteiger partial charge in [-0.1, -0.05) is 6.07 Å². The van der Waals surface area contributed by atoms with E-state index in [2.05, 4.69) is 15.1 Å². The molecule has 21 heavy (non-hydrogen) atoms. The van der Waals surface area contributed by atoms with Crippen molar-refractivity contribution < 1.29 is 8.42 Å². The van der Waals surface area contributed by atoms with Gasteiger partial charge in [-0.2, -0.15) is 5.10 Å². The summed E-state index contributed by atoms with van der Waals surface area (Å²) in [5.41, 5.74) is 8.28. The van der Waals surface area contributed by atoms with Gasteiger partial charge in [0, 0.05) is 5.56 Å².